The van der Waals surface area contributed by atoms with E-state index in [0.29, 0.717) is 5.76 Å². The summed E-state index contributed by atoms with van der Waals surface area (Å²) in [6.07, 6.45) is 1.45. The number of hydrogen-bond donors (Lipinski definition) is 2. The SMILES string of the molecule is Cc1ccoc1C(NN)c1c(F)cccc1F. The van der Waals surface area contributed by atoms with E-state index in [2.05, 4.69) is 5.43 Å². The minimum absolute atomic E-state index is 0.145. The van der Waals surface area contributed by atoms with Crippen molar-refractivity contribution in [2.45, 2.75) is 13.0 Å². The monoisotopic (exact) mass is 238 g/mol. The predicted octanol–water partition coefficient (Wildman–Crippen LogP) is 2.42. The van der Waals surface area contributed by atoms with E-state index in [0.717, 1.165) is 5.56 Å². The molecule has 90 valence electrons. The van der Waals surface area contributed by atoms with Gasteiger partial charge in [-0.2, -0.15) is 0 Å². The minimum Gasteiger partial charge on any atom is -0.467 e. The van der Waals surface area contributed by atoms with Crippen LogP contribution in [0.3, 0.4) is 0 Å². The average Bonchev–Trinajstić information content (AvgIpc) is 2.70. The number of furan rings is 1. The van der Waals surface area contributed by atoms with Gasteiger partial charge in [0.15, 0.2) is 0 Å². The van der Waals surface area contributed by atoms with Crippen LogP contribution in [0.5, 0.6) is 0 Å². The third-order valence-corrected chi connectivity index (χ3v) is 2.62. The van der Waals surface area contributed by atoms with Gasteiger partial charge in [-0.3, -0.25) is 5.84 Å². The Morgan fingerprint density at radius 3 is 2.35 bits per heavy atom. The van der Waals surface area contributed by atoms with Gasteiger partial charge >= 0.3 is 0 Å². The van der Waals surface area contributed by atoms with Crippen molar-refractivity contribution in [2.24, 2.45) is 5.84 Å². The zero-order chi connectivity index (χ0) is 12.4. The smallest absolute Gasteiger partial charge is 0.131 e. The molecule has 0 saturated heterocycles. The van der Waals surface area contributed by atoms with Crippen molar-refractivity contribution < 1.29 is 13.2 Å². The normalized spacial score (nSPS) is 12.7. The summed E-state index contributed by atoms with van der Waals surface area (Å²) in [7, 11) is 0. The van der Waals surface area contributed by atoms with Crippen LogP contribution in [0.1, 0.15) is 22.9 Å². The van der Waals surface area contributed by atoms with E-state index < -0.39 is 17.7 Å². The van der Waals surface area contributed by atoms with E-state index in [4.69, 9.17) is 10.3 Å². The highest BCUT2D eigenvalue weighted by atomic mass is 19.1. The molecule has 5 heteroatoms. The zero-order valence-electron chi connectivity index (χ0n) is 9.21. The molecule has 1 atom stereocenters. The Balaban J connectivity index is 2.53. The zero-order valence-corrected chi connectivity index (χ0v) is 9.21. The third-order valence-electron chi connectivity index (χ3n) is 2.62. The minimum atomic E-state index is -0.841. The summed E-state index contributed by atoms with van der Waals surface area (Å²) in [5.41, 5.74) is 3.00. The highest BCUT2D eigenvalue weighted by molar-refractivity contribution is 5.32. The van der Waals surface area contributed by atoms with Gasteiger partial charge in [0.1, 0.15) is 23.4 Å². The number of aryl methyl sites for hydroxylation is 1. The predicted molar refractivity (Wildman–Crippen MR) is 59.0 cm³/mol. The van der Waals surface area contributed by atoms with Crippen LogP contribution < -0.4 is 11.3 Å². The molecular weight excluding hydrogens is 226 g/mol. The lowest BCUT2D eigenvalue weighted by Gasteiger charge is -2.16. The second-order valence-electron chi connectivity index (χ2n) is 3.70. The van der Waals surface area contributed by atoms with E-state index in [-0.39, 0.29) is 5.56 Å². The Morgan fingerprint density at radius 1 is 1.24 bits per heavy atom. The first kappa shape index (κ1) is 11.8. The summed E-state index contributed by atoms with van der Waals surface area (Å²) < 4.78 is 32.5. The van der Waals surface area contributed by atoms with Gasteiger partial charge in [-0.25, -0.2) is 14.2 Å². The van der Waals surface area contributed by atoms with Crippen molar-refractivity contribution in [3.05, 3.63) is 59.1 Å². The highest BCUT2D eigenvalue weighted by Crippen LogP contribution is 2.28. The standard InChI is InChI=1S/C12H12F2N2O/c1-7-5-6-17-12(7)11(16-15)10-8(13)3-2-4-9(10)14/h2-6,11,16H,15H2,1H3. The third kappa shape index (κ3) is 2.07. The molecule has 1 heterocycles. The summed E-state index contributed by atoms with van der Waals surface area (Å²) >= 11 is 0. The molecule has 3 N–H and O–H groups in total. The van der Waals surface area contributed by atoms with Gasteiger partial charge in [0.05, 0.1) is 6.26 Å². The molecule has 3 nitrogen and oxygen atoms in total. The van der Waals surface area contributed by atoms with Crippen LogP contribution in [0.4, 0.5) is 8.78 Å². The molecule has 0 saturated carbocycles. The molecule has 0 fully saturated rings. The van der Waals surface area contributed by atoms with Gasteiger partial charge in [-0.05, 0) is 30.7 Å². The first-order valence-corrected chi connectivity index (χ1v) is 5.09. The van der Waals surface area contributed by atoms with Crippen molar-refractivity contribution in [2.75, 3.05) is 0 Å². The summed E-state index contributed by atoms with van der Waals surface area (Å²) in [6.45, 7) is 1.78. The Kier molecular flexibility index (Phi) is 3.21. The van der Waals surface area contributed by atoms with E-state index in [1.165, 1.54) is 24.5 Å². The fourth-order valence-electron chi connectivity index (χ4n) is 1.76. The fraction of sp³-hybridized carbons (Fsp3) is 0.167. The number of nitrogens with one attached hydrogen (secondary N) is 1. The highest BCUT2D eigenvalue weighted by Gasteiger charge is 2.24. The molecule has 17 heavy (non-hydrogen) atoms. The van der Waals surface area contributed by atoms with Crippen molar-refractivity contribution in [1.29, 1.82) is 0 Å². The van der Waals surface area contributed by atoms with Crippen LogP contribution in [0.25, 0.3) is 0 Å². The molecule has 0 spiro atoms. The van der Waals surface area contributed by atoms with Crippen LogP contribution in [0.2, 0.25) is 0 Å². The Hall–Kier alpha value is -1.72. The van der Waals surface area contributed by atoms with E-state index in [9.17, 15) is 8.78 Å². The van der Waals surface area contributed by atoms with Crippen molar-refractivity contribution in [3.8, 4) is 0 Å². The van der Waals surface area contributed by atoms with Crippen molar-refractivity contribution >= 4 is 0 Å². The number of benzene rings is 1. The molecule has 1 aromatic heterocycles. The molecule has 2 rings (SSSR count). The lowest BCUT2D eigenvalue weighted by atomic mass is 10.0. The summed E-state index contributed by atoms with van der Waals surface area (Å²) in [5, 5.41) is 0. The molecule has 0 aliphatic heterocycles. The van der Waals surface area contributed by atoms with Crippen LogP contribution in [0.15, 0.2) is 34.9 Å². The fourth-order valence-corrected chi connectivity index (χ4v) is 1.76. The molecule has 0 aliphatic rings. The maximum atomic E-state index is 13.6. The summed E-state index contributed by atoms with van der Waals surface area (Å²) in [5.74, 6) is 4.43. The lowest BCUT2D eigenvalue weighted by molar-refractivity contribution is 0.425. The van der Waals surface area contributed by atoms with Gasteiger partial charge in [0.2, 0.25) is 0 Å². The molecule has 0 radical (unpaired) electrons. The first-order chi connectivity index (χ1) is 8.15. The summed E-state index contributed by atoms with van der Waals surface area (Å²) in [6, 6.07) is 4.53. The summed E-state index contributed by atoms with van der Waals surface area (Å²) in [4.78, 5) is 0. The van der Waals surface area contributed by atoms with Crippen molar-refractivity contribution in [1.82, 2.24) is 5.43 Å². The number of halogens is 2. The Bertz CT molecular complexity index is 505. The van der Waals surface area contributed by atoms with E-state index in [1.807, 2.05) is 0 Å². The van der Waals surface area contributed by atoms with Crippen LogP contribution in [-0.2, 0) is 0 Å². The number of nitrogens with two attached hydrogens (primary N) is 1. The molecular formula is C12H12F2N2O. The molecule has 0 aliphatic carbocycles. The van der Waals surface area contributed by atoms with Crippen LogP contribution in [0, 0.1) is 18.6 Å². The Labute approximate surface area is 97.2 Å². The average molecular weight is 238 g/mol. The van der Waals surface area contributed by atoms with Crippen LogP contribution in [-0.4, -0.2) is 0 Å². The number of rotatable bonds is 3. The Morgan fingerprint density at radius 2 is 1.88 bits per heavy atom. The number of hydrazine groups is 1. The first-order valence-electron chi connectivity index (χ1n) is 5.09. The van der Waals surface area contributed by atoms with E-state index in [1.54, 1.807) is 13.0 Å². The van der Waals surface area contributed by atoms with Gasteiger partial charge in [0.25, 0.3) is 0 Å². The molecule has 0 amide bonds. The maximum Gasteiger partial charge on any atom is 0.131 e. The largest absolute Gasteiger partial charge is 0.467 e. The van der Waals surface area contributed by atoms with Crippen molar-refractivity contribution in [3.63, 3.8) is 0 Å². The van der Waals surface area contributed by atoms with Gasteiger partial charge in [-0.15, -0.1) is 0 Å². The van der Waals surface area contributed by atoms with Crippen LogP contribution >= 0.6 is 0 Å². The van der Waals surface area contributed by atoms with Gasteiger partial charge in [0, 0.05) is 5.56 Å². The molecule has 0 bridgehead atoms. The second kappa shape index (κ2) is 4.65. The molecule has 2 aromatic rings. The molecule has 1 unspecified atom stereocenters. The maximum absolute atomic E-state index is 13.6. The topological polar surface area (TPSA) is 51.2 Å². The second-order valence-corrected chi connectivity index (χ2v) is 3.70. The number of hydrogen-bond acceptors (Lipinski definition) is 3. The molecule has 1 aromatic carbocycles. The van der Waals surface area contributed by atoms with E-state index >= 15 is 0 Å². The van der Waals surface area contributed by atoms with Gasteiger partial charge < -0.3 is 4.42 Å². The quantitative estimate of drug-likeness (QED) is 0.637. The lowest BCUT2D eigenvalue weighted by Crippen LogP contribution is -2.30. The van der Waals surface area contributed by atoms with Gasteiger partial charge in [-0.1, -0.05) is 6.07 Å².